The molecule has 1 heterocycles. The van der Waals surface area contributed by atoms with Gasteiger partial charge in [-0.3, -0.25) is 10.1 Å². The van der Waals surface area contributed by atoms with Gasteiger partial charge in [-0.25, -0.2) is 9.97 Å². The van der Waals surface area contributed by atoms with Gasteiger partial charge in [0.1, 0.15) is 11.5 Å². The maximum Gasteiger partial charge on any atom is 0.229 e. The molecule has 0 saturated heterocycles. The van der Waals surface area contributed by atoms with E-state index in [-0.39, 0.29) is 17.8 Å². The van der Waals surface area contributed by atoms with Gasteiger partial charge in [0.25, 0.3) is 0 Å². The zero-order valence-corrected chi connectivity index (χ0v) is 15.5. The fraction of sp³-hybridized carbons (Fsp3) is 0.312. The number of carbonyl (C=O) groups is 1. The van der Waals surface area contributed by atoms with Crippen LogP contribution in [-0.4, -0.2) is 23.0 Å². The number of anilines is 1. The number of nitrogens with zero attached hydrogens (tertiary/aromatic N) is 2. The number of hydrogen-bond donors (Lipinski definition) is 1. The zero-order valence-electron chi connectivity index (χ0n) is 13.4. The summed E-state index contributed by atoms with van der Waals surface area (Å²) in [7, 11) is 1.65. The zero-order chi connectivity index (χ0) is 17.0. The van der Waals surface area contributed by atoms with Crippen molar-refractivity contribution in [2.75, 3.05) is 12.4 Å². The van der Waals surface area contributed by atoms with Gasteiger partial charge in [-0.05, 0) is 40.6 Å². The van der Waals surface area contributed by atoms with Crippen molar-refractivity contribution in [1.82, 2.24) is 9.97 Å². The van der Waals surface area contributed by atoms with Crippen molar-refractivity contribution in [3.63, 3.8) is 0 Å². The van der Waals surface area contributed by atoms with Crippen LogP contribution in [0.25, 0.3) is 0 Å². The Labute approximate surface area is 148 Å². The molecule has 0 aliphatic carbocycles. The fourth-order valence-electron chi connectivity index (χ4n) is 1.96. The summed E-state index contributed by atoms with van der Waals surface area (Å²) in [5.74, 6) is 2.36. The van der Waals surface area contributed by atoms with Crippen molar-refractivity contribution in [2.24, 2.45) is 0 Å². The molecule has 0 radical (unpaired) electrons. The molecule has 0 fully saturated rings. The second kappa shape index (κ2) is 7.58. The van der Waals surface area contributed by atoms with Gasteiger partial charge in [0.05, 0.1) is 23.1 Å². The SMILES string of the molecule is COc1cc(C(C)C)c(Oc2cnc(NC(C)=O)nc2)cc1I. The molecule has 7 heteroatoms. The monoisotopic (exact) mass is 427 g/mol. The Morgan fingerprint density at radius 3 is 2.39 bits per heavy atom. The summed E-state index contributed by atoms with van der Waals surface area (Å²) in [6.45, 7) is 5.58. The number of rotatable bonds is 5. The molecule has 1 amide bonds. The van der Waals surface area contributed by atoms with E-state index in [0.717, 1.165) is 20.6 Å². The van der Waals surface area contributed by atoms with Crippen LogP contribution in [0, 0.1) is 3.57 Å². The number of ether oxygens (including phenoxy) is 2. The van der Waals surface area contributed by atoms with Crippen molar-refractivity contribution < 1.29 is 14.3 Å². The second-order valence-corrected chi connectivity index (χ2v) is 6.37. The Morgan fingerprint density at radius 1 is 1.22 bits per heavy atom. The van der Waals surface area contributed by atoms with Crippen LogP contribution in [0.4, 0.5) is 5.95 Å². The lowest BCUT2D eigenvalue weighted by atomic mass is 10.0. The second-order valence-electron chi connectivity index (χ2n) is 5.20. The van der Waals surface area contributed by atoms with E-state index < -0.39 is 0 Å². The smallest absolute Gasteiger partial charge is 0.229 e. The molecule has 0 aliphatic heterocycles. The first-order chi connectivity index (χ1) is 10.9. The third-order valence-electron chi connectivity index (χ3n) is 3.05. The first-order valence-electron chi connectivity index (χ1n) is 7.05. The standard InChI is InChI=1S/C16H18IN3O3/c1-9(2)12-5-15(22-4)13(17)6-14(12)23-11-7-18-16(19-8-11)20-10(3)21/h5-9H,1-4H3,(H,18,19,20,21). The quantitative estimate of drug-likeness (QED) is 0.732. The Hall–Kier alpha value is -1.90. The topological polar surface area (TPSA) is 73.3 Å². The third kappa shape index (κ3) is 4.54. The van der Waals surface area contributed by atoms with E-state index in [1.165, 1.54) is 19.3 Å². The lowest BCUT2D eigenvalue weighted by Crippen LogP contribution is -2.08. The van der Waals surface area contributed by atoms with Crippen LogP contribution in [0.1, 0.15) is 32.3 Å². The number of aromatic nitrogens is 2. The molecule has 1 aromatic heterocycles. The predicted octanol–water partition coefficient (Wildman–Crippen LogP) is 3.96. The van der Waals surface area contributed by atoms with E-state index in [9.17, 15) is 4.79 Å². The molecule has 1 aromatic carbocycles. The summed E-state index contributed by atoms with van der Waals surface area (Å²) in [6, 6.07) is 3.91. The normalized spacial score (nSPS) is 10.5. The molecule has 23 heavy (non-hydrogen) atoms. The molecule has 2 aromatic rings. The molecule has 6 nitrogen and oxygen atoms in total. The van der Waals surface area contributed by atoms with Gasteiger partial charge in [0.2, 0.25) is 11.9 Å². The molecule has 122 valence electrons. The molecule has 1 N–H and O–H groups in total. The van der Waals surface area contributed by atoms with Gasteiger partial charge in [0, 0.05) is 12.5 Å². The summed E-state index contributed by atoms with van der Waals surface area (Å²) in [6.07, 6.45) is 3.05. The predicted molar refractivity (Wildman–Crippen MR) is 96.2 cm³/mol. The van der Waals surface area contributed by atoms with Gasteiger partial charge in [0.15, 0.2) is 5.75 Å². The van der Waals surface area contributed by atoms with Crippen molar-refractivity contribution in [3.8, 4) is 17.2 Å². The van der Waals surface area contributed by atoms with E-state index in [4.69, 9.17) is 9.47 Å². The maximum absolute atomic E-state index is 11.0. The minimum absolute atomic E-state index is 0.217. The number of benzene rings is 1. The minimum atomic E-state index is -0.217. The summed E-state index contributed by atoms with van der Waals surface area (Å²) in [5, 5.41) is 2.52. The molecular formula is C16H18IN3O3. The fourth-order valence-corrected chi connectivity index (χ4v) is 2.62. The van der Waals surface area contributed by atoms with Crippen LogP contribution >= 0.6 is 22.6 Å². The highest BCUT2D eigenvalue weighted by Gasteiger charge is 2.14. The molecule has 0 saturated carbocycles. The number of nitrogens with one attached hydrogen (secondary N) is 1. The van der Waals surface area contributed by atoms with Crippen LogP contribution in [0.2, 0.25) is 0 Å². The Balaban J connectivity index is 2.28. The first kappa shape index (κ1) is 17.5. The summed E-state index contributed by atoms with van der Waals surface area (Å²) in [4.78, 5) is 19.1. The van der Waals surface area contributed by atoms with Crippen molar-refractivity contribution in [2.45, 2.75) is 26.7 Å². The van der Waals surface area contributed by atoms with Crippen LogP contribution in [0.3, 0.4) is 0 Å². The lowest BCUT2D eigenvalue weighted by molar-refractivity contribution is -0.114. The third-order valence-corrected chi connectivity index (χ3v) is 3.89. The van der Waals surface area contributed by atoms with Crippen LogP contribution < -0.4 is 14.8 Å². The van der Waals surface area contributed by atoms with Crippen LogP contribution in [-0.2, 0) is 4.79 Å². The number of hydrogen-bond acceptors (Lipinski definition) is 5. The van der Waals surface area contributed by atoms with Crippen LogP contribution in [0.5, 0.6) is 17.2 Å². The summed E-state index contributed by atoms with van der Waals surface area (Å²) >= 11 is 2.20. The Morgan fingerprint density at radius 2 is 1.87 bits per heavy atom. The lowest BCUT2D eigenvalue weighted by Gasteiger charge is -2.16. The molecule has 0 bridgehead atoms. The van der Waals surface area contributed by atoms with E-state index in [2.05, 4.69) is 51.7 Å². The number of halogens is 1. The number of amides is 1. The van der Waals surface area contributed by atoms with Crippen molar-refractivity contribution in [1.29, 1.82) is 0 Å². The van der Waals surface area contributed by atoms with Crippen LogP contribution in [0.15, 0.2) is 24.5 Å². The van der Waals surface area contributed by atoms with Crippen molar-refractivity contribution >= 4 is 34.4 Å². The highest BCUT2D eigenvalue weighted by Crippen LogP contribution is 2.36. The summed E-state index contributed by atoms with van der Waals surface area (Å²) in [5.41, 5.74) is 1.04. The van der Waals surface area contributed by atoms with E-state index in [1.807, 2.05) is 12.1 Å². The number of methoxy groups -OCH3 is 1. The minimum Gasteiger partial charge on any atom is -0.496 e. The first-order valence-corrected chi connectivity index (χ1v) is 8.13. The van der Waals surface area contributed by atoms with E-state index >= 15 is 0 Å². The average molecular weight is 427 g/mol. The Bertz CT molecular complexity index is 702. The molecule has 0 atom stereocenters. The van der Waals surface area contributed by atoms with Gasteiger partial charge in [-0.1, -0.05) is 13.8 Å². The highest BCUT2D eigenvalue weighted by atomic mass is 127. The molecule has 0 spiro atoms. The van der Waals surface area contributed by atoms with Gasteiger partial charge >= 0.3 is 0 Å². The number of carbonyl (C=O) groups excluding carboxylic acids is 1. The Kier molecular flexibility index (Phi) is 5.75. The molecule has 0 unspecified atom stereocenters. The van der Waals surface area contributed by atoms with E-state index in [0.29, 0.717) is 5.75 Å². The van der Waals surface area contributed by atoms with Gasteiger partial charge in [-0.15, -0.1) is 0 Å². The van der Waals surface area contributed by atoms with Crippen molar-refractivity contribution in [3.05, 3.63) is 33.7 Å². The van der Waals surface area contributed by atoms with Gasteiger partial charge < -0.3 is 9.47 Å². The molecule has 0 aliphatic rings. The molecule has 2 rings (SSSR count). The summed E-state index contributed by atoms with van der Waals surface area (Å²) < 4.78 is 12.2. The maximum atomic E-state index is 11.0. The van der Waals surface area contributed by atoms with Gasteiger partial charge in [-0.2, -0.15) is 0 Å². The average Bonchev–Trinajstić information content (AvgIpc) is 2.48. The largest absolute Gasteiger partial charge is 0.496 e. The highest BCUT2D eigenvalue weighted by molar-refractivity contribution is 14.1. The van der Waals surface area contributed by atoms with E-state index in [1.54, 1.807) is 7.11 Å². The molecular weight excluding hydrogens is 409 g/mol.